The van der Waals surface area contributed by atoms with Gasteiger partial charge in [0, 0.05) is 11.6 Å². The Balaban J connectivity index is 2.01. The molecule has 4 amide bonds. The molecule has 3 rings (SSSR count). The minimum absolute atomic E-state index is 0.124. The third-order valence-corrected chi connectivity index (χ3v) is 4.45. The lowest BCUT2D eigenvalue weighted by Crippen LogP contribution is -2.54. The number of nitro groups is 1. The van der Waals surface area contributed by atoms with E-state index in [1.54, 1.807) is 37.3 Å². The monoisotopic (exact) mass is 379 g/mol. The maximum atomic E-state index is 12.8. The van der Waals surface area contributed by atoms with Gasteiger partial charge in [-0.3, -0.25) is 25.0 Å². The van der Waals surface area contributed by atoms with Crippen molar-refractivity contribution in [3.05, 3.63) is 74.8 Å². The molecular weight excluding hydrogens is 362 g/mol. The van der Waals surface area contributed by atoms with E-state index in [0.29, 0.717) is 16.8 Å². The zero-order chi connectivity index (χ0) is 20.4. The summed E-state index contributed by atoms with van der Waals surface area (Å²) in [6.45, 7) is 3.57. The Morgan fingerprint density at radius 3 is 2.39 bits per heavy atom. The molecule has 8 heteroatoms. The highest BCUT2D eigenvalue weighted by atomic mass is 16.6. The van der Waals surface area contributed by atoms with Crippen LogP contribution >= 0.6 is 0 Å². The summed E-state index contributed by atoms with van der Waals surface area (Å²) in [5.41, 5.74) is 1.73. The molecule has 1 aliphatic rings. The van der Waals surface area contributed by atoms with Crippen molar-refractivity contribution in [3.63, 3.8) is 0 Å². The molecule has 1 fully saturated rings. The van der Waals surface area contributed by atoms with Crippen LogP contribution in [-0.4, -0.2) is 22.8 Å². The normalized spacial score (nSPS) is 15.7. The second kappa shape index (κ2) is 7.43. The Morgan fingerprint density at radius 2 is 1.79 bits per heavy atom. The van der Waals surface area contributed by atoms with Gasteiger partial charge in [-0.05, 0) is 42.7 Å². The van der Waals surface area contributed by atoms with Gasteiger partial charge in [0.15, 0.2) is 0 Å². The van der Waals surface area contributed by atoms with Gasteiger partial charge in [-0.15, -0.1) is 0 Å². The van der Waals surface area contributed by atoms with E-state index in [1.807, 2.05) is 6.92 Å². The first-order chi connectivity index (χ1) is 13.3. The largest absolute Gasteiger partial charge is 0.335 e. The number of benzene rings is 2. The fourth-order valence-electron chi connectivity index (χ4n) is 2.85. The van der Waals surface area contributed by atoms with Crippen LogP contribution in [0.1, 0.15) is 23.6 Å². The molecule has 2 aromatic rings. The summed E-state index contributed by atoms with van der Waals surface area (Å²) < 4.78 is 0. The molecule has 0 radical (unpaired) electrons. The summed E-state index contributed by atoms with van der Waals surface area (Å²) in [4.78, 5) is 48.7. The number of carbonyl (C=O) groups is 3. The number of carbonyl (C=O) groups excluding carboxylic acids is 3. The summed E-state index contributed by atoms with van der Waals surface area (Å²) in [6, 6.07) is 10.4. The summed E-state index contributed by atoms with van der Waals surface area (Å²) in [7, 11) is 0. The molecule has 0 atom stereocenters. The third kappa shape index (κ3) is 3.52. The summed E-state index contributed by atoms with van der Waals surface area (Å²) in [5, 5.41) is 13.2. The van der Waals surface area contributed by atoms with Crippen LogP contribution in [0.2, 0.25) is 0 Å². The number of nitro benzene ring substituents is 1. The van der Waals surface area contributed by atoms with E-state index < -0.39 is 22.8 Å². The molecule has 0 aliphatic carbocycles. The molecular formula is C20H17N3O5. The quantitative estimate of drug-likeness (QED) is 0.380. The van der Waals surface area contributed by atoms with Crippen molar-refractivity contribution in [2.24, 2.45) is 0 Å². The first-order valence-corrected chi connectivity index (χ1v) is 8.57. The van der Waals surface area contributed by atoms with Crippen LogP contribution in [0, 0.1) is 17.0 Å². The Labute approximate surface area is 160 Å². The van der Waals surface area contributed by atoms with Crippen molar-refractivity contribution in [2.45, 2.75) is 20.3 Å². The van der Waals surface area contributed by atoms with Crippen LogP contribution in [-0.2, 0) is 16.0 Å². The van der Waals surface area contributed by atoms with Crippen LogP contribution in [0.4, 0.5) is 16.2 Å². The van der Waals surface area contributed by atoms with Crippen LogP contribution in [0.25, 0.3) is 6.08 Å². The summed E-state index contributed by atoms with van der Waals surface area (Å²) in [5.74, 6) is -1.64. The second-order valence-corrected chi connectivity index (χ2v) is 6.28. The fourth-order valence-corrected chi connectivity index (χ4v) is 2.85. The van der Waals surface area contributed by atoms with Gasteiger partial charge in [0.1, 0.15) is 5.57 Å². The minimum atomic E-state index is -0.848. The van der Waals surface area contributed by atoms with Gasteiger partial charge in [0.25, 0.3) is 17.5 Å². The van der Waals surface area contributed by atoms with E-state index in [9.17, 15) is 24.5 Å². The number of hydrogen-bond donors (Lipinski definition) is 1. The number of amides is 4. The van der Waals surface area contributed by atoms with E-state index in [0.717, 1.165) is 16.9 Å². The van der Waals surface area contributed by atoms with Crippen molar-refractivity contribution in [1.82, 2.24) is 5.32 Å². The van der Waals surface area contributed by atoms with E-state index >= 15 is 0 Å². The number of hydrogen-bond acceptors (Lipinski definition) is 5. The van der Waals surface area contributed by atoms with Crippen molar-refractivity contribution in [3.8, 4) is 0 Å². The van der Waals surface area contributed by atoms with Gasteiger partial charge in [0.2, 0.25) is 0 Å². The maximum Gasteiger partial charge on any atom is 0.335 e. The lowest BCUT2D eigenvalue weighted by atomic mass is 10.0. The zero-order valence-corrected chi connectivity index (χ0v) is 15.3. The lowest BCUT2D eigenvalue weighted by molar-refractivity contribution is -0.385. The average molecular weight is 379 g/mol. The number of aryl methyl sites for hydroxylation is 2. The molecule has 1 aliphatic heterocycles. The van der Waals surface area contributed by atoms with Gasteiger partial charge in [0.05, 0.1) is 10.6 Å². The van der Waals surface area contributed by atoms with E-state index in [2.05, 4.69) is 5.32 Å². The van der Waals surface area contributed by atoms with Crippen molar-refractivity contribution < 1.29 is 19.3 Å². The van der Waals surface area contributed by atoms with Gasteiger partial charge >= 0.3 is 6.03 Å². The smallest absolute Gasteiger partial charge is 0.273 e. The van der Waals surface area contributed by atoms with Crippen LogP contribution in [0.15, 0.2) is 48.0 Å². The number of imide groups is 2. The number of rotatable bonds is 4. The SMILES string of the molecule is CCc1ccc(N2C(=O)NC(=O)/C(=C/c3ccc(C)c([N+](=O)[O-])c3)C2=O)cc1. The standard InChI is InChI=1S/C20H17N3O5/c1-3-13-6-8-15(9-7-13)22-19(25)16(18(24)21-20(22)26)10-14-5-4-12(2)17(11-14)23(27)28/h4-11H,3H2,1-2H3,(H,21,24,26)/b16-10-. The van der Waals surface area contributed by atoms with E-state index in [-0.39, 0.29) is 11.3 Å². The van der Waals surface area contributed by atoms with Gasteiger partial charge in [-0.1, -0.05) is 31.2 Å². The van der Waals surface area contributed by atoms with E-state index in [4.69, 9.17) is 0 Å². The highest BCUT2D eigenvalue weighted by Crippen LogP contribution is 2.25. The van der Waals surface area contributed by atoms with Crippen LogP contribution in [0.3, 0.4) is 0 Å². The van der Waals surface area contributed by atoms with Crippen LogP contribution in [0.5, 0.6) is 0 Å². The van der Waals surface area contributed by atoms with Crippen molar-refractivity contribution >= 4 is 35.3 Å². The predicted molar refractivity (Wildman–Crippen MR) is 103 cm³/mol. The van der Waals surface area contributed by atoms with Crippen molar-refractivity contribution in [1.29, 1.82) is 0 Å². The molecule has 0 unspecified atom stereocenters. The molecule has 0 bridgehead atoms. The minimum Gasteiger partial charge on any atom is -0.273 e. The number of nitrogens with zero attached hydrogens (tertiary/aromatic N) is 2. The average Bonchev–Trinajstić information content (AvgIpc) is 2.66. The molecule has 1 heterocycles. The molecule has 1 N–H and O–H groups in total. The van der Waals surface area contributed by atoms with Crippen molar-refractivity contribution in [2.75, 3.05) is 4.90 Å². The molecule has 0 aromatic heterocycles. The van der Waals surface area contributed by atoms with Gasteiger partial charge in [-0.2, -0.15) is 0 Å². The maximum absolute atomic E-state index is 12.8. The fraction of sp³-hybridized carbons (Fsp3) is 0.150. The molecule has 1 saturated heterocycles. The Hall–Kier alpha value is -3.81. The molecule has 8 nitrogen and oxygen atoms in total. The molecule has 2 aromatic carbocycles. The van der Waals surface area contributed by atoms with Gasteiger partial charge < -0.3 is 0 Å². The Kier molecular flexibility index (Phi) is 5.04. The Morgan fingerprint density at radius 1 is 1.11 bits per heavy atom. The first kappa shape index (κ1) is 19.0. The lowest BCUT2D eigenvalue weighted by Gasteiger charge is -2.26. The first-order valence-electron chi connectivity index (χ1n) is 8.57. The number of nitrogens with one attached hydrogen (secondary N) is 1. The highest BCUT2D eigenvalue weighted by molar-refractivity contribution is 6.39. The van der Waals surface area contributed by atoms with Crippen LogP contribution < -0.4 is 10.2 Å². The number of urea groups is 1. The second-order valence-electron chi connectivity index (χ2n) is 6.28. The topological polar surface area (TPSA) is 110 Å². The summed E-state index contributed by atoms with van der Waals surface area (Å²) >= 11 is 0. The molecule has 142 valence electrons. The summed E-state index contributed by atoms with van der Waals surface area (Å²) in [6.07, 6.45) is 2.04. The molecule has 0 saturated carbocycles. The highest BCUT2D eigenvalue weighted by Gasteiger charge is 2.36. The number of barbiturate groups is 1. The molecule has 0 spiro atoms. The number of anilines is 1. The van der Waals surface area contributed by atoms with Gasteiger partial charge in [-0.25, -0.2) is 9.69 Å². The zero-order valence-electron chi connectivity index (χ0n) is 15.3. The third-order valence-electron chi connectivity index (χ3n) is 4.45. The predicted octanol–water partition coefficient (Wildman–Crippen LogP) is 3.13. The van der Waals surface area contributed by atoms with E-state index in [1.165, 1.54) is 18.2 Å². The molecule has 28 heavy (non-hydrogen) atoms. The Bertz CT molecular complexity index is 1020.